The number of nitrogens with zero attached hydrogens (tertiary/aromatic N) is 2. The van der Waals surface area contributed by atoms with Crippen molar-refractivity contribution in [2.24, 2.45) is 0 Å². The fraction of sp³-hybridized carbons (Fsp3) is 0.214. The number of aromatic nitrogens is 2. The zero-order chi connectivity index (χ0) is 14.4. The molecule has 0 atom stereocenters. The van der Waals surface area contributed by atoms with Gasteiger partial charge in [0.15, 0.2) is 0 Å². The van der Waals surface area contributed by atoms with Gasteiger partial charge in [0.2, 0.25) is 5.91 Å². The molecule has 0 fully saturated rings. The quantitative estimate of drug-likeness (QED) is 0.812. The van der Waals surface area contributed by atoms with Crippen molar-refractivity contribution in [1.29, 1.82) is 0 Å². The second-order valence-electron chi connectivity index (χ2n) is 4.35. The molecule has 0 saturated heterocycles. The van der Waals surface area contributed by atoms with Crippen LogP contribution in [0.15, 0.2) is 47.5 Å². The van der Waals surface area contributed by atoms with Gasteiger partial charge in [-0.15, -0.1) is 0 Å². The van der Waals surface area contributed by atoms with Crippen molar-refractivity contribution in [2.45, 2.75) is 13.0 Å². The van der Waals surface area contributed by atoms with Crippen LogP contribution in [0.1, 0.15) is 5.69 Å². The number of rotatable bonds is 5. The van der Waals surface area contributed by atoms with E-state index in [2.05, 4.69) is 10.3 Å². The molecular formula is C14H16N4O2. The number of nitrogens with one attached hydrogen (secondary N) is 1. The Balaban J connectivity index is 1.84. The van der Waals surface area contributed by atoms with Crippen molar-refractivity contribution < 1.29 is 4.79 Å². The molecule has 0 radical (unpaired) electrons. The summed E-state index contributed by atoms with van der Waals surface area (Å²) in [5.41, 5.74) is 6.69. The van der Waals surface area contributed by atoms with Gasteiger partial charge < -0.3 is 15.6 Å². The molecule has 2 aromatic heterocycles. The van der Waals surface area contributed by atoms with Crippen LogP contribution in [-0.2, 0) is 17.8 Å². The lowest BCUT2D eigenvalue weighted by Gasteiger charge is -2.07. The number of carbonyl (C=O) groups is 1. The summed E-state index contributed by atoms with van der Waals surface area (Å²) < 4.78 is 1.28. The van der Waals surface area contributed by atoms with E-state index >= 15 is 0 Å². The van der Waals surface area contributed by atoms with Crippen LogP contribution < -0.4 is 16.6 Å². The van der Waals surface area contributed by atoms with Crippen molar-refractivity contribution in [3.05, 3.63) is 58.8 Å². The van der Waals surface area contributed by atoms with Gasteiger partial charge in [-0.25, -0.2) is 0 Å². The molecule has 6 heteroatoms. The Hall–Kier alpha value is -2.63. The first-order chi connectivity index (χ1) is 9.65. The average Bonchev–Trinajstić information content (AvgIpc) is 2.44. The van der Waals surface area contributed by atoms with E-state index in [0.717, 1.165) is 5.69 Å². The highest BCUT2D eigenvalue weighted by Crippen LogP contribution is 1.96. The Morgan fingerprint density at radius 3 is 2.90 bits per heavy atom. The highest BCUT2D eigenvalue weighted by atomic mass is 16.2. The lowest BCUT2D eigenvalue weighted by molar-refractivity contribution is -0.121. The molecule has 0 aliphatic carbocycles. The van der Waals surface area contributed by atoms with Crippen LogP contribution in [0.25, 0.3) is 0 Å². The van der Waals surface area contributed by atoms with Crippen molar-refractivity contribution in [3.63, 3.8) is 0 Å². The Bertz CT molecular complexity index is 637. The number of nitrogen functional groups attached to an aromatic ring is 1. The third-order valence-electron chi connectivity index (χ3n) is 2.75. The highest BCUT2D eigenvalue weighted by molar-refractivity contribution is 5.75. The fourth-order valence-corrected chi connectivity index (χ4v) is 1.76. The average molecular weight is 272 g/mol. The molecule has 2 heterocycles. The fourth-order valence-electron chi connectivity index (χ4n) is 1.76. The molecule has 20 heavy (non-hydrogen) atoms. The molecule has 1 amide bonds. The number of nitrogens with two attached hydrogens (primary N) is 1. The molecule has 0 aliphatic heterocycles. The zero-order valence-corrected chi connectivity index (χ0v) is 11.0. The molecular weight excluding hydrogens is 256 g/mol. The number of pyridine rings is 2. The first-order valence-corrected chi connectivity index (χ1v) is 6.28. The lowest BCUT2D eigenvalue weighted by Crippen LogP contribution is -2.33. The second kappa shape index (κ2) is 6.51. The van der Waals surface area contributed by atoms with Crippen molar-refractivity contribution in [2.75, 3.05) is 12.3 Å². The largest absolute Gasteiger partial charge is 0.398 e. The summed E-state index contributed by atoms with van der Waals surface area (Å²) in [4.78, 5) is 27.4. The number of hydrogen-bond donors (Lipinski definition) is 2. The monoisotopic (exact) mass is 272 g/mol. The van der Waals surface area contributed by atoms with Crippen LogP contribution in [0.2, 0.25) is 0 Å². The number of amides is 1. The topological polar surface area (TPSA) is 90.0 Å². The summed E-state index contributed by atoms with van der Waals surface area (Å²) in [5.74, 6) is -0.228. The Morgan fingerprint density at radius 2 is 2.15 bits per heavy atom. The van der Waals surface area contributed by atoms with Gasteiger partial charge in [0.05, 0.1) is 0 Å². The number of anilines is 1. The van der Waals surface area contributed by atoms with Gasteiger partial charge in [0.25, 0.3) is 5.56 Å². The molecule has 0 spiro atoms. The molecule has 0 saturated carbocycles. The van der Waals surface area contributed by atoms with Crippen molar-refractivity contribution in [3.8, 4) is 0 Å². The van der Waals surface area contributed by atoms with Gasteiger partial charge in [-0.2, -0.15) is 0 Å². The van der Waals surface area contributed by atoms with E-state index in [0.29, 0.717) is 18.7 Å². The molecule has 2 aromatic rings. The molecule has 2 rings (SSSR count). The zero-order valence-electron chi connectivity index (χ0n) is 11.0. The van der Waals surface area contributed by atoms with Gasteiger partial charge >= 0.3 is 0 Å². The predicted octanol–water partition coefficient (Wildman–Crippen LogP) is 0.184. The molecule has 0 bridgehead atoms. The minimum atomic E-state index is -0.251. The maximum Gasteiger partial charge on any atom is 0.251 e. The normalized spacial score (nSPS) is 10.2. The van der Waals surface area contributed by atoms with Gasteiger partial charge in [-0.05, 0) is 18.2 Å². The maximum atomic E-state index is 11.7. The van der Waals surface area contributed by atoms with Crippen LogP contribution >= 0.6 is 0 Å². The van der Waals surface area contributed by atoms with Gasteiger partial charge in [-0.3, -0.25) is 14.6 Å². The Morgan fingerprint density at radius 1 is 1.30 bits per heavy atom. The number of carbonyl (C=O) groups excluding carboxylic acids is 1. The first-order valence-electron chi connectivity index (χ1n) is 6.28. The standard InChI is InChI=1S/C14H16N4O2/c15-11-4-5-14(20)18(9-11)10-13(19)17-8-6-12-3-1-2-7-16-12/h1-5,7,9H,6,8,10,15H2,(H,17,19). The van der Waals surface area contributed by atoms with Crippen LogP contribution in [-0.4, -0.2) is 22.0 Å². The SMILES string of the molecule is Nc1ccc(=O)n(CC(=O)NCCc2ccccn2)c1. The predicted molar refractivity (Wildman–Crippen MR) is 76.1 cm³/mol. The summed E-state index contributed by atoms with van der Waals surface area (Å²) in [6, 6.07) is 8.49. The number of hydrogen-bond acceptors (Lipinski definition) is 4. The Labute approximate surface area is 116 Å². The van der Waals surface area contributed by atoms with E-state index in [1.165, 1.54) is 22.9 Å². The van der Waals surface area contributed by atoms with Gasteiger partial charge in [0, 0.05) is 42.8 Å². The summed E-state index contributed by atoms with van der Waals surface area (Å²) >= 11 is 0. The van der Waals surface area contributed by atoms with E-state index in [1.807, 2.05) is 18.2 Å². The van der Waals surface area contributed by atoms with Gasteiger partial charge in [0.1, 0.15) is 6.54 Å². The smallest absolute Gasteiger partial charge is 0.251 e. The lowest BCUT2D eigenvalue weighted by atomic mass is 10.3. The van der Waals surface area contributed by atoms with E-state index in [4.69, 9.17) is 5.73 Å². The van der Waals surface area contributed by atoms with Crippen LogP contribution in [0, 0.1) is 0 Å². The minimum Gasteiger partial charge on any atom is -0.398 e. The molecule has 0 aliphatic rings. The van der Waals surface area contributed by atoms with Crippen molar-refractivity contribution >= 4 is 11.6 Å². The summed E-state index contributed by atoms with van der Waals surface area (Å²) in [7, 11) is 0. The summed E-state index contributed by atoms with van der Waals surface area (Å²) in [6.07, 6.45) is 3.82. The van der Waals surface area contributed by atoms with E-state index < -0.39 is 0 Å². The first kappa shape index (κ1) is 13.8. The van der Waals surface area contributed by atoms with Gasteiger partial charge in [-0.1, -0.05) is 6.07 Å². The second-order valence-corrected chi connectivity index (χ2v) is 4.35. The van der Waals surface area contributed by atoms with Crippen LogP contribution in [0.3, 0.4) is 0 Å². The van der Waals surface area contributed by atoms with Crippen molar-refractivity contribution in [1.82, 2.24) is 14.9 Å². The molecule has 104 valence electrons. The molecule has 0 aromatic carbocycles. The van der Waals surface area contributed by atoms with Crippen LogP contribution in [0.5, 0.6) is 0 Å². The van der Waals surface area contributed by atoms with E-state index in [9.17, 15) is 9.59 Å². The van der Waals surface area contributed by atoms with Crippen LogP contribution in [0.4, 0.5) is 5.69 Å². The maximum absolute atomic E-state index is 11.7. The molecule has 6 nitrogen and oxygen atoms in total. The van der Waals surface area contributed by atoms with E-state index in [1.54, 1.807) is 6.20 Å². The summed E-state index contributed by atoms with van der Waals surface area (Å²) in [5, 5.41) is 2.75. The summed E-state index contributed by atoms with van der Waals surface area (Å²) in [6.45, 7) is 0.443. The third-order valence-corrected chi connectivity index (χ3v) is 2.75. The molecule has 0 unspecified atom stereocenters. The highest BCUT2D eigenvalue weighted by Gasteiger charge is 2.04. The third kappa shape index (κ3) is 3.94. The molecule has 3 N–H and O–H groups in total. The Kier molecular flexibility index (Phi) is 4.49. The van der Waals surface area contributed by atoms with E-state index in [-0.39, 0.29) is 18.0 Å². The minimum absolute atomic E-state index is 0.0356.